The summed E-state index contributed by atoms with van der Waals surface area (Å²) in [6.45, 7) is 4.25. The van der Waals surface area contributed by atoms with Crippen molar-refractivity contribution >= 4 is 23.4 Å². The van der Waals surface area contributed by atoms with Gasteiger partial charge in [0.25, 0.3) is 0 Å². The highest BCUT2D eigenvalue weighted by Gasteiger charge is 2.10. The third kappa shape index (κ3) is 2.52. The molecule has 0 atom stereocenters. The third-order valence-corrected chi connectivity index (χ3v) is 2.76. The molecule has 0 aliphatic carbocycles. The number of nitrogen functional groups attached to an aromatic ring is 1. The summed E-state index contributed by atoms with van der Waals surface area (Å²) in [6.07, 6.45) is 1.47. The van der Waals surface area contributed by atoms with E-state index in [1.54, 1.807) is 0 Å². The van der Waals surface area contributed by atoms with Crippen LogP contribution in [0.3, 0.4) is 0 Å². The Balaban J connectivity index is 2.15. The van der Waals surface area contributed by atoms with Crippen LogP contribution in [0.4, 0.5) is 11.8 Å². The Morgan fingerprint density at radius 1 is 1.44 bits per heavy atom. The molecule has 7 nitrogen and oxygen atoms in total. The third-order valence-electron chi connectivity index (χ3n) is 2.49. The summed E-state index contributed by atoms with van der Waals surface area (Å²) in [5, 5.41) is 7.38. The number of nitrogens with two attached hydrogens (primary N) is 1. The first-order chi connectivity index (χ1) is 8.61. The second kappa shape index (κ2) is 5.19. The summed E-state index contributed by atoms with van der Waals surface area (Å²) in [5.74, 6) is 6.79. The van der Waals surface area contributed by atoms with Gasteiger partial charge in [-0.2, -0.15) is 4.98 Å². The van der Waals surface area contributed by atoms with Crippen molar-refractivity contribution < 1.29 is 4.52 Å². The van der Waals surface area contributed by atoms with Crippen molar-refractivity contribution in [1.82, 2.24) is 15.1 Å². The lowest BCUT2D eigenvalue weighted by Gasteiger charge is -2.08. The van der Waals surface area contributed by atoms with Gasteiger partial charge in [0.15, 0.2) is 5.82 Å². The minimum absolute atomic E-state index is 0.292. The van der Waals surface area contributed by atoms with Gasteiger partial charge >= 0.3 is 0 Å². The maximum absolute atomic E-state index is 5.98. The summed E-state index contributed by atoms with van der Waals surface area (Å²) < 4.78 is 5.07. The van der Waals surface area contributed by atoms with Crippen molar-refractivity contribution in [1.29, 1.82) is 0 Å². The van der Waals surface area contributed by atoms with Crippen molar-refractivity contribution in [3.63, 3.8) is 0 Å². The predicted molar refractivity (Wildman–Crippen MR) is 68.2 cm³/mol. The molecule has 0 saturated heterocycles. The van der Waals surface area contributed by atoms with Crippen LogP contribution in [0.2, 0.25) is 5.02 Å². The number of anilines is 2. The lowest BCUT2D eigenvalue weighted by Crippen LogP contribution is -2.12. The molecule has 8 heteroatoms. The van der Waals surface area contributed by atoms with Crippen LogP contribution in [0.15, 0.2) is 10.7 Å². The SMILES string of the molecule is Cc1noc(C)c1CNc1nc(NN)ncc1Cl. The Labute approximate surface area is 109 Å². The van der Waals surface area contributed by atoms with Crippen LogP contribution in [-0.2, 0) is 6.54 Å². The number of hydrazine groups is 1. The average Bonchev–Trinajstić information content (AvgIpc) is 2.68. The van der Waals surface area contributed by atoms with Gasteiger partial charge in [-0.1, -0.05) is 16.8 Å². The first kappa shape index (κ1) is 12.6. The summed E-state index contributed by atoms with van der Waals surface area (Å²) in [4.78, 5) is 8.00. The molecule has 2 aromatic heterocycles. The topological polar surface area (TPSA) is 102 Å². The van der Waals surface area contributed by atoms with E-state index in [0.717, 1.165) is 17.0 Å². The second-order valence-electron chi connectivity index (χ2n) is 3.69. The molecule has 2 aromatic rings. The number of nitrogens with zero attached hydrogens (tertiary/aromatic N) is 3. The predicted octanol–water partition coefficient (Wildman–Crippen LogP) is 1.63. The zero-order chi connectivity index (χ0) is 13.1. The van der Waals surface area contributed by atoms with E-state index in [0.29, 0.717) is 23.3 Å². The van der Waals surface area contributed by atoms with Crippen LogP contribution in [0.5, 0.6) is 0 Å². The summed E-state index contributed by atoms with van der Waals surface area (Å²) >= 11 is 5.98. The Hall–Kier alpha value is -1.86. The highest BCUT2D eigenvalue weighted by Crippen LogP contribution is 2.21. The first-order valence-electron chi connectivity index (χ1n) is 5.26. The fraction of sp³-hybridized carbons (Fsp3) is 0.300. The Morgan fingerprint density at radius 3 is 2.83 bits per heavy atom. The maximum atomic E-state index is 5.98. The molecule has 0 bridgehead atoms. The molecule has 0 aliphatic heterocycles. The number of aryl methyl sites for hydroxylation is 2. The van der Waals surface area contributed by atoms with Crippen molar-refractivity contribution in [2.24, 2.45) is 5.84 Å². The Morgan fingerprint density at radius 2 is 2.22 bits per heavy atom. The van der Waals surface area contributed by atoms with Gasteiger partial charge in [0, 0.05) is 12.1 Å². The lowest BCUT2D eigenvalue weighted by atomic mass is 10.2. The summed E-state index contributed by atoms with van der Waals surface area (Å²) in [6, 6.07) is 0. The number of nitrogens with one attached hydrogen (secondary N) is 2. The Kier molecular flexibility index (Phi) is 3.63. The molecule has 0 spiro atoms. The highest BCUT2D eigenvalue weighted by molar-refractivity contribution is 6.32. The Bertz CT molecular complexity index is 536. The molecule has 0 amide bonds. The molecule has 18 heavy (non-hydrogen) atoms. The number of rotatable bonds is 4. The van der Waals surface area contributed by atoms with E-state index in [9.17, 15) is 0 Å². The van der Waals surface area contributed by atoms with E-state index in [2.05, 4.69) is 25.9 Å². The van der Waals surface area contributed by atoms with Gasteiger partial charge in [-0.25, -0.2) is 10.8 Å². The summed E-state index contributed by atoms with van der Waals surface area (Å²) in [5.41, 5.74) is 4.17. The zero-order valence-corrected chi connectivity index (χ0v) is 10.7. The van der Waals surface area contributed by atoms with E-state index in [1.165, 1.54) is 6.20 Å². The van der Waals surface area contributed by atoms with E-state index < -0.39 is 0 Å². The number of halogens is 1. The molecule has 0 saturated carbocycles. The van der Waals surface area contributed by atoms with Crippen molar-refractivity contribution in [3.05, 3.63) is 28.2 Å². The van der Waals surface area contributed by atoms with Crippen molar-refractivity contribution in [2.45, 2.75) is 20.4 Å². The van der Waals surface area contributed by atoms with Crippen LogP contribution < -0.4 is 16.6 Å². The molecule has 0 radical (unpaired) electrons. The van der Waals surface area contributed by atoms with Gasteiger partial charge in [0.05, 0.1) is 11.9 Å². The molecule has 2 heterocycles. The van der Waals surface area contributed by atoms with E-state index in [4.69, 9.17) is 22.0 Å². The summed E-state index contributed by atoms with van der Waals surface area (Å²) in [7, 11) is 0. The normalized spacial score (nSPS) is 10.4. The fourth-order valence-electron chi connectivity index (χ4n) is 1.49. The largest absolute Gasteiger partial charge is 0.364 e. The molecule has 2 rings (SSSR count). The van der Waals surface area contributed by atoms with Crippen LogP contribution in [0.25, 0.3) is 0 Å². The smallest absolute Gasteiger partial charge is 0.239 e. The molecule has 0 aromatic carbocycles. The van der Waals surface area contributed by atoms with Gasteiger partial charge in [0.2, 0.25) is 5.95 Å². The van der Waals surface area contributed by atoms with Crippen LogP contribution >= 0.6 is 11.6 Å². The lowest BCUT2D eigenvalue weighted by molar-refractivity contribution is 0.392. The minimum atomic E-state index is 0.292. The maximum Gasteiger partial charge on any atom is 0.239 e. The molecule has 0 unspecified atom stereocenters. The molecular weight excluding hydrogens is 256 g/mol. The number of aromatic nitrogens is 3. The van der Waals surface area contributed by atoms with Gasteiger partial charge in [0.1, 0.15) is 10.8 Å². The van der Waals surface area contributed by atoms with Crippen molar-refractivity contribution in [3.8, 4) is 0 Å². The van der Waals surface area contributed by atoms with Crippen LogP contribution in [0.1, 0.15) is 17.0 Å². The molecule has 0 aliphatic rings. The second-order valence-corrected chi connectivity index (χ2v) is 4.10. The standard InChI is InChI=1S/C10H13ClN6O/c1-5-7(6(2)18-17-5)3-13-9-8(11)4-14-10(15-9)16-12/h4H,3,12H2,1-2H3,(H2,13,14,15,16). The molecule has 4 N–H and O–H groups in total. The number of hydrogen-bond donors (Lipinski definition) is 3. The fourth-order valence-corrected chi connectivity index (χ4v) is 1.64. The van der Waals surface area contributed by atoms with E-state index in [-0.39, 0.29) is 0 Å². The quantitative estimate of drug-likeness (QED) is 0.572. The van der Waals surface area contributed by atoms with Gasteiger partial charge in [-0.15, -0.1) is 0 Å². The molecular formula is C10H13ClN6O. The monoisotopic (exact) mass is 268 g/mol. The van der Waals surface area contributed by atoms with Gasteiger partial charge < -0.3 is 9.84 Å². The van der Waals surface area contributed by atoms with Gasteiger partial charge in [-0.05, 0) is 13.8 Å². The van der Waals surface area contributed by atoms with E-state index in [1.807, 2.05) is 13.8 Å². The van der Waals surface area contributed by atoms with Crippen molar-refractivity contribution in [2.75, 3.05) is 10.7 Å². The minimum Gasteiger partial charge on any atom is -0.364 e. The zero-order valence-electron chi connectivity index (χ0n) is 9.99. The van der Waals surface area contributed by atoms with E-state index >= 15 is 0 Å². The molecule has 0 fully saturated rings. The highest BCUT2D eigenvalue weighted by atomic mass is 35.5. The number of hydrogen-bond acceptors (Lipinski definition) is 7. The molecule has 96 valence electrons. The van der Waals surface area contributed by atoms with Crippen LogP contribution in [0, 0.1) is 13.8 Å². The van der Waals surface area contributed by atoms with Crippen LogP contribution in [-0.4, -0.2) is 15.1 Å². The van der Waals surface area contributed by atoms with Gasteiger partial charge in [-0.3, -0.25) is 5.43 Å². The average molecular weight is 269 g/mol. The first-order valence-corrected chi connectivity index (χ1v) is 5.64.